The third-order valence-corrected chi connectivity index (χ3v) is 5.53. The number of nitrogens with one attached hydrogen (secondary N) is 1. The minimum atomic E-state index is 0.00708. The van der Waals surface area contributed by atoms with Crippen LogP contribution in [0.15, 0.2) is 4.52 Å². The summed E-state index contributed by atoms with van der Waals surface area (Å²) < 4.78 is 5.23. The van der Waals surface area contributed by atoms with Crippen LogP contribution in [0.25, 0.3) is 0 Å². The van der Waals surface area contributed by atoms with E-state index in [0.29, 0.717) is 43.8 Å². The number of hydrogen-bond donors (Lipinski definition) is 1. The van der Waals surface area contributed by atoms with Gasteiger partial charge in [0, 0.05) is 44.9 Å². The average Bonchev–Trinajstić information content (AvgIpc) is 3.36. The summed E-state index contributed by atoms with van der Waals surface area (Å²) in [6, 6.07) is 0.370. The molecule has 3 rings (SSSR count). The average molecular weight is 377 g/mol. The molecule has 1 N–H and O–H groups in total. The number of rotatable bonds is 6. The molecule has 150 valence electrons. The van der Waals surface area contributed by atoms with Crippen molar-refractivity contribution in [2.24, 2.45) is 0 Å². The predicted octanol–water partition coefficient (Wildman–Crippen LogP) is 2.31. The summed E-state index contributed by atoms with van der Waals surface area (Å²) in [5.74, 6) is 1.45. The molecule has 0 aromatic carbocycles. The Morgan fingerprint density at radius 3 is 2.67 bits per heavy atom. The molecule has 1 atom stereocenters. The van der Waals surface area contributed by atoms with E-state index in [4.69, 9.17) is 4.52 Å². The van der Waals surface area contributed by atoms with Crippen LogP contribution < -0.4 is 5.32 Å². The Hall–Kier alpha value is -2.12. The Labute approximate surface area is 160 Å². The van der Waals surface area contributed by atoms with Gasteiger partial charge in [0.2, 0.25) is 11.8 Å². The van der Waals surface area contributed by atoms with Crippen LogP contribution in [0.5, 0.6) is 0 Å². The molecule has 3 amide bonds. The fraction of sp³-hybridized carbons (Fsp3) is 0.789. The summed E-state index contributed by atoms with van der Waals surface area (Å²) in [5, 5.41) is 7.13. The summed E-state index contributed by atoms with van der Waals surface area (Å²) in [4.78, 5) is 32.7. The highest BCUT2D eigenvalue weighted by atomic mass is 16.5. The zero-order chi connectivity index (χ0) is 19.4. The Morgan fingerprint density at radius 1 is 1.30 bits per heavy atom. The highest BCUT2D eigenvalue weighted by Gasteiger charge is 2.32. The predicted molar refractivity (Wildman–Crippen MR) is 100 cm³/mol. The summed E-state index contributed by atoms with van der Waals surface area (Å²) in [6.45, 7) is 7.40. The van der Waals surface area contributed by atoms with Crippen molar-refractivity contribution in [3.05, 3.63) is 11.7 Å². The van der Waals surface area contributed by atoms with E-state index in [2.05, 4.69) is 15.5 Å². The Bertz CT molecular complexity index is 654. The molecule has 2 heterocycles. The summed E-state index contributed by atoms with van der Waals surface area (Å²) >= 11 is 0. The van der Waals surface area contributed by atoms with Crippen LogP contribution in [-0.2, 0) is 11.2 Å². The van der Waals surface area contributed by atoms with E-state index in [9.17, 15) is 9.59 Å². The van der Waals surface area contributed by atoms with Crippen LogP contribution in [0, 0.1) is 0 Å². The molecule has 1 saturated heterocycles. The van der Waals surface area contributed by atoms with Gasteiger partial charge in [-0.1, -0.05) is 31.8 Å². The molecule has 1 aliphatic heterocycles. The molecule has 2 aliphatic rings. The second-order valence-electron chi connectivity index (χ2n) is 7.99. The molecular formula is C19H31N5O3. The molecule has 0 bridgehead atoms. The SMILES string of the molecule is CC(=O)N(CCc1noc(C(C)C)n1)C1CCN(C(=O)NC2CCCC2)C1. The standard InChI is InChI=1S/C19H31N5O3/c1-13(2)18-21-17(22-27-18)9-11-24(14(3)25)16-8-10-23(12-16)19(26)20-15-6-4-5-7-15/h13,15-16H,4-12H2,1-3H3,(H,20,26). The van der Waals surface area contributed by atoms with E-state index in [-0.39, 0.29) is 23.9 Å². The van der Waals surface area contributed by atoms with Crippen molar-refractivity contribution < 1.29 is 14.1 Å². The number of hydrogen-bond acceptors (Lipinski definition) is 5. The van der Waals surface area contributed by atoms with Gasteiger partial charge in [-0.2, -0.15) is 4.98 Å². The van der Waals surface area contributed by atoms with Gasteiger partial charge in [-0.3, -0.25) is 4.79 Å². The highest BCUT2D eigenvalue weighted by molar-refractivity contribution is 5.76. The van der Waals surface area contributed by atoms with Crippen molar-refractivity contribution >= 4 is 11.9 Å². The minimum Gasteiger partial charge on any atom is -0.339 e. The molecule has 1 saturated carbocycles. The van der Waals surface area contributed by atoms with Crippen LogP contribution in [-0.4, -0.2) is 63.6 Å². The van der Waals surface area contributed by atoms with Crippen LogP contribution >= 0.6 is 0 Å². The van der Waals surface area contributed by atoms with Gasteiger partial charge < -0.3 is 19.6 Å². The van der Waals surface area contributed by atoms with E-state index < -0.39 is 0 Å². The lowest BCUT2D eigenvalue weighted by atomic mass is 10.2. The van der Waals surface area contributed by atoms with Crippen molar-refractivity contribution in [2.75, 3.05) is 19.6 Å². The maximum absolute atomic E-state index is 12.5. The summed E-state index contributed by atoms with van der Waals surface area (Å²) in [7, 11) is 0. The maximum Gasteiger partial charge on any atom is 0.317 e. The fourth-order valence-corrected chi connectivity index (χ4v) is 3.94. The lowest BCUT2D eigenvalue weighted by Gasteiger charge is -2.28. The first-order valence-electron chi connectivity index (χ1n) is 10.1. The largest absolute Gasteiger partial charge is 0.339 e. The Kier molecular flexibility index (Phi) is 6.34. The molecule has 0 radical (unpaired) electrons. The van der Waals surface area contributed by atoms with Gasteiger partial charge in [0.15, 0.2) is 5.82 Å². The molecule has 1 aromatic heterocycles. The summed E-state index contributed by atoms with van der Waals surface area (Å²) in [5.41, 5.74) is 0. The van der Waals surface area contributed by atoms with Gasteiger partial charge in [0.25, 0.3) is 0 Å². The molecule has 27 heavy (non-hydrogen) atoms. The quantitative estimate of drug-likeness (QED) is 0.821. The van der Waals surface area contributed by atoms with E-state index in [0.717, 1.165) is 19.3 Å². The summed E-state index contributed by atoms with van der Waals surface area (Å²) in [6.07, 6.45) is 5.90. The normalized spacial score (nSPS) is 20.4. The van der Waals surface area contributed by atoms with E-state index in [1.807, 2.05) is 23.6 Å². The number of carbonyl (C=O) groups is 2. The molecule has 1 aliphatic carbocycles. The monoisotopic (exact) mass is 377 g/mol. The highest BCUT2D eigenvalue weighted by Crippen LogP contribution is 2.20. The van der Waals surface area contributed by atoms with Crippen molar-refractivity contribution in [1.29, 1.82) is 0 Å². The molecule has 8 nitrogen and oxygen atoms in total. The number of urea groups is 1. The second-order valence-corrected chi connectivity index (χ2v) is 7.99. The van der Waals surface area contributed by atoms with Gasteiger partial charge in [0.05, 0.1) is 6.04 Å². The Morgan fingerprint density at radius 2 is 2.04 bits per heavy atom. The first-order chi connectivity index (χ1) is 12.9. The maximum atomic E-state index is 12.5. The molecule has 2 fully saturated rings. The fourth-order valence-electron chi connectivity index (χ4n) is 3.94. The smallest absolute Gasteiger partial charge is 0.317 e. The van der Waals surface area contributed by atoms with Crippen LogP contribution in [0.3, 0.4) is 0 Å². The van der Waals surface area contributed by atoms with E-state index >= 15 is 0 Å². The van der Waals surface area contributed by atoms with Crippen molar-refractivity contribution in [2.45, 2.75) is 77.3 Å². The number of aromatic nitrogens is 2. The van der Waals surface area contributed by atoms with Gasteiger partial charge in [-0.15, -0.1) is 0 Å². The van der Waals surface area contributed by atoms with Crippen molar-refractivity contribution in [3.63, 3.8) is 0 Å². The zero-order valence-electron chi connectivity index (χ0n) is 16.6. The van der Waals surface area contributed by atoms with Gasteiger partial charge in [0.1, 0.15) is 0 Å². The van der Waals surface area contributed by atoms with Gasteiger partial charge >= 0.3 is 6.03 Å². The molecule has 0 spiro atoms. The number of carbonyl (C=O) groups excluding carboxylic acids is 2. The number of likely N-dealkylation sites (tertiary alicyclic amines) is 1. The third kappa shape index (κ3) is 4.99. The van der Waals surface area contributed by atoms with Crippen LogP contribution in [0.1, 0.15) is 70.5 Å². The minimum absolute atomic E-state index is 0.00708. The molecule has 1 aromatic rings. The van der Waals surface area contributed by atoms with Crippen LogP contribution in [0.2, 0.25) is 0 Å². The van der Waals surface area contributed by atoms with E-state index in [1.54, 1.807) is 6.92 Å². The molecule has 1 unspecified atom stereocenters. The lowest BCUT2D eigenvalue weighted by Crippen LogP contribution is -2.46. The first kappa shape index (κ1) is 19.6. The lowest BCUT2D eigenvalue weighted by molar-refractivity contribution is -0.130. The molecule has 8 heteroatoms. The van der Waals surface area contributed by atoms with Gasteiger partial charge in [-0.25, -0.2) is 4.79 Å². The van der Waals surface area contributed by atoms with Crippen LogP contribution in [0.4, 0.5) is 4.79 Å². The van der Waals surface area contributed by atoms with Gasteiger partial charge in [-0.05, 0) is 19.3 Å². The van der Waals surface area contributed by atoms with Crippen molar-refractivity contribution in [1.82, 2.24) is 25.3 Å². The zero-order valence-corrected chi connectivity index (χ0v) is 16.6. The number of nitrogens with zero attached hydrogens (tertiary/aromatic N) is 4. The topological polar surface area (TPSA) is 91.6 Å². The first-order valence-corrected chi connectivity index (χ1v) is 10.1. The Balaban J connectivity index is 1.52. The second kappa shape index (κ2) is 8.71. The van der Waals surface area contributed by atoms with Crippen molar-refractivity contribution in [3.8, 4) is 0 Å². The molecular weight excluding hydrogens is 346 g/mol. The van der Waals surface area contributed by atoms with E-state index in [1.165, 1.54) is 12.8 Å². The number of amides is 3. The third-order valence-electron chi connectivity index (χ3n) is 5.53.